The summed E-state index contributed by atoms with van der Waals surface area (Å²) >= 11 is 0. The fourth-order valence-electron chi connectivity index (χ4n) is 3.61. The molecule has 0 N–H and O–H groups in total. The number of sulfone groups is 1. The number of nitrogens with zero attached hydrogens (tertiary/aromatic N) is 3. The van der Waals surface area contributed by atoms with E-state index in [9.17, 15) is 18.0 Å². The van der Waals surface area contributed by atoms with Crippen molar-refractivity contribution in [1.29, 1.82) is 0 Å². The van der Waals surface area contributed by atoms with Gasteiger partial charge in [-0.15, -0.1) is 0 Å². The fraction of sp³-hybridized carbons (Fsp3) is 0.500. The van der Waals surface area contributed by atoms with E-state index in [-0.39, 0.29) is 54.0 Å². The molecule has 1 fully saturated rings. The number of hydrogen-bond acceptors (Lipinski definition) is 7. The number of hydrogen-bond donors (Lipinski definition) is 0. The molecule has 9 nitrogen and oxygen atoms in total. The molecule has 0 spiro atoms. The first-order valence-electron chi connectivity index (χ1n) is 10.6. The van der Waals surface area contributed by atoms with Gasteiger partial charge in [0.1, 0.15) is 0 Å². The summed E-state index contributed by atoms with van der Waals surface area (Å²) in [5.41, 5.74) is 0.694. The van der Waals surface area contributed by atoms with Crippen molar-refractivity contribution >= 4 is 21.7 Å². The molecular weight excluding hydrogens is 434 g/mol. The van der Waals surface area contributed by atoms with Gasteiger partial charge in [0, 0.05) is 12.6 Å². The molecule has 1 aliphatic rings. The van der Waals surface area contributed by atoms with E-state index in [1.54, 1.807) is 11.8 Å². The lowest BCUT2D eigenvalue weighted by atomic mass is 10.1. The van der Waals surface area contributed by atoms with Crippen molar-refractivity contribution in [2.75, 3.05) is 31.3 Å². The number of carbonyl (C=O) groups is 2. The van der Waals surface area contributed by atoms with Gasteiger partial charge in [-0.3, -0.25) is 4.79 Å². The molecule has 1 saturated heterocycles. The molecular formula is C22H29N3O6S. The van der Waals surface area contributed by atoms with Crippen LogP contribution in [-0.2, 0) is 19.4 Å². The second kappa shape index (κ2) is 10.2. The molecule has 3 rings (SSSR count). The minimum atomic E-state index is -3.14. The average molecular weight is 464 g/mol. The molecule has 0 saturated carbocycles. The van der Waals surface area contributed by atoms with Gasteiger partial charge in [-0.05, 0) is 31.4 Å². The number of aromatic nitrogens is 2. The van der Waals surface area contributed by atoms with Crippen molar-refractivity contribution in [3.8, 4) is 11.4 Å². The van der Waals surface area contributed by atoms with Crippen LogP contribution in [0.2, 0.25) is 0 Å². The van der Waals surface area contributed by atoms with E-state index in [1.807, 2.05) is 44.2 Å². The van der Waals surface area contributed by atoms with Gasteiger partial charge in [0.25, 0.3) is 5.91 Å². The van der Waals surface area contributed by atoms with Crippen molar-refractivity contribution in [3.05, 3.63) is 42.2 Å². The molecule has 1 atom stereocenters. The minimum absolute atomic E-state index is 0.0256. The summed E-state index contributed by atoms with van der Waals surface area (Å²) in [6, 6.07) is 8.82. The molecule has 2 heterocycles. The van der Waals surface area contributed by atoms with Crippen LogP contribution in [0.25, 0.3) is 5.69 Å². The number of ether oxygens (including phenoxy) is 2. The third-order valence-electron chi connectivity index (χ3n) is 5.05. The SMILES string of the molecule is CCOC(=O)c1nn(-c2ccccc2)cc1OCC(=O)N(CC(C)C)C1CCS(=O)(=O)C1. The van der Waals surface area contributed by atoms with Crippen LogP contribution < -0.4 is 4.74 Å². The molecule has 1 unspecified atom stereocenters. The highest BCUT2D eigenvalue weighted by Crippen LogP contribution is 2.23. The highest BCUT2D eigenvalue weighted by atomic mass is 32.2. The lowest BCUT2D eigenvalue weighted by molar-refractivity contribution is -0.135. The number of benzene rings is 1. The third kappa shape index (κ3) is 5.87. The lowest BCUT2D eigenvalue weighted by Gasteiger charge is -2.29. The Morgan fingerprint density at radius 2 is 1.97 bits per heavy atom. The van der Waals surface area contributed by atoms with Crippen LogP contribution in [-0.4, -0.2) is 72.3 Å². The number of rotatable bonds is 9. The predicted molar refractivity (Wildman–Crippen MR) is 119 cm³/mol. The first kappa shape index (κ1) is 23.8. The van der Waals surface area contributed by atoms with Crippen LogP contribution in [0.3, 0.4) is 0 Å². The monoisotopic (exact) mass is 463 g/mol. The zero-order chi connectivity index (χ0) is 23.3. The molecule has 10 heteroatoms. The Kier molecular flexibility index (Phi) is 7.55. The maximum absolute atomic E-state index is 13.0. The van der Waals surface area contributed by atoms with E-state index in [1.165, 1.54) is 10.9 Å². The molecule has 2 aromatic rings. The summed E-state index contributed by atoms with van der Waals surface area (Å²) in [4.78, 5) is 27.0. The molecule has 1 aliphatic heterocycles. The van der Waals surface area contributed by atoms with Crippen LogP contribution in [0, 0.1) is 5.92 Å². The summed E-state index contributed by atoms with van der Waals surface area (Å²) in [6.07, 6.45) is 1.95. The normalized spacial score (nSPS) is 17.3. The van der Waals surface area contributed by atoms with E-state index in [4.69, 9.17) is 9.47 Å². The molecule has 1 amide bonds. The largest absolute Gasteiger partial charge is 0.480 e. The van der Waals surface area contributed by atoms with Crippen LogP contribution in [0.4, 0.5) is 0 Å². The number of para-hydroxylation sites is 1. The van der Waals surface area contributed by atoms with Gasteiger partial charge in [0.15, 0.2) is 22.2 Å². The van der Waals surface area contributed by atoms with Gasteiger partial charge in [0.2, 0.25) is 5.69 Å². The second-order valence-electron chi connectivity index (χ2n) is 8.13. The Balaban J connectivity index is 1.79. The first-order valence-corrected chi connectivity index (χ1v) is 12.5. The van der Waals surface area contributed by atoms with Crippen molar-refractivity contribution in [2.24, 2.45) is 5.92 Å². The molecule has 32 heavy (non-hydrogen) atoms. The van der Waals surface area contributed by atoms with E-state index < -0.39 is 15.8 Å². The van der Waals surface area contributed by atoms with Gasteiger partial charge in [-0.25, -0.2) is 17.9 Å². The summed E-state index contributed by atoms with van der Waals surface area (Å²) < 4.78 is 36.1. The van der Waals surface area contributed by atoms with Crippen LogP contribution in [0.1, 0.15) is 37.7 Å². The summed E-state index contributed by atoms with van der Waals surface area (Å²) in [7, 11) is -3.14. The summed E-state index contributed by atoms with van der Waals surface area (Å²) in [5, 5.41) is 4.28. The van der Waals surface area contributed by atoms with Gasteiger partial charge in [0.05, 0.1) is 30.0 Å². The number of amides is 1. The van der Waals surface area contributed by atoms with Crippen LogP contribution >= 0.6 is 0 Å². The Bertz CT molecular complexity index is 1050. The first-order chi connectivity index (χ1) is 15.2. The van der Waals surface area contributed by atoms with E-state index >= 15 is 0 Å². The van der Waals surface area contributed by atoms with Crippen molar-refractivity contribution < 1.29 is 27.5 Å². The topological polar surface area (TPSA) is 108 Å². The van der Waals surface area contributed by atoms with Crippen molar-refractivity contribution in [1.82, 2.24) is 14.7 Å². The van der Waals surface area contributed by atoms with E-state index in [2.05, 4.69) is 5.10 Å². The van der Waals surface area contributed by atoms with Crippen molar-refractivity contribution in [3.63, 3.8) is 0 Å². The molecule has 174 valence electrons. The molecule has 0 radical (unpaired) electrons. The van der Waals surface area contributed by atoms with E-state index in [0.29, 0.717) is 13.0 Å². The van der Waals surface area contributed by atoms with Gasteiger partial charge in [-0.1, -0.05) is 32.0 Å². The maximum atomic E-state index is 13.0. The predicted octanol–water partition coefficient (Wildman–Crippen LogP) is 2.10. The zero-order valence-corrected chi connectivity index (χ0v) is 19.4. The average Bonchev–Trinajstić information content (AvgIpc) is 3.34. The summed E-state index contributed by atoms with van der Waals surface area (Å²) in [5.74, 6) is -0.640. The molecule has 1 aromatic heterocycles. The number of carbonyl (C=O) groups excluding carboxylic acids is 2. The lowest BCUT2D eigenvalue weighted by Crippen LogP contribution is -2.45. The van der Waals surface area contributed by atoms with Gasteiger partial charge >= 0.3 is 5.97 Å². The minimum Gasteiger partial charge on any atom is -0.480 e. The molecule has 0 bridgehead atoms. The Morgan fingerprint density at radius 3 is 2.56 bits per heavy atom. The van der Waals surface area contributed by atoms with Gasteiger partial charge in [-0.2, -0.15) is 5.10 Å². The van der Waals surface area contributed by atoms with Crippen molar-refractivity contribution in [2.45, 2.75) is 33.2 Å². The fourth-order valence-corrected chi connectivity index (χ4v) is 5.34. The standard InChI is InChI=1S/C22H29N3O6S/c1-4-30-22(27)21-19(13-25(23-21)17-8-6-5-7-9-17)31-14-20(26)24(12-16(2)3)18-10-11-32(28,29)15-18/h5-9,13,16,18H,4,10-12,14-15H2,1-3H3. The quantitative estimate of drug-likeness (QED) is 0.524. The molecule has 1 aromatic carbocycles. The third-order valence-corrected chi connectivity index (χ3v) is 6.80. The zero-order valence-electron chi connectivity index (χ0n) is 18.6. The Labute approximate surface area is 188 Å². The van der Waals surface area contributed by atoms with Crippen LogP contribution in [0.15, 0.2) is 36.5 Å². The number of esters is 1. The Morgan fingerprint density at radius 1 is 1.25 bits per heavy atom. The van der Waals surface area contributed by atoms with Gasteiger partial charge < -0.3 is 14.4 Å². The highest BCUT2D eigenvalue weighted by molar-refractivity contribution is 7.91. The Hall–Kier alpha value is -2.88. The smallest absolute Gasteiger partial charge is 0.362 e. The summed E-state index contributed by atoms with van der Waals surface area (Å²) in [6.45, 7) is 5.89. The second-order valence-corrected chi connectivity index (χ2v) is 10.4. The highest BCUT2D eigenvalue weighted by Gasteiger charge is 2.35. The molecule has 0 aliphatic carbocycles. The van der Waals surface area contributed by atoms with Crippen LogP contribution in [0.5, 0.6) is 5.75 Å². The maximum Gasteiger partial charge on any atom is 0.362 e. The van der Waals surface area contributed by atoms with E-state index in [0.717, 1.165) is 5.69 Å².